The molecule has 1 rings (SSSR count). The van der Waals surface area contributed by atoms with Crippen LogP contribution in [0.25, 0.3) is 0 Å². The summed E-state index contributed by atoms with van der Waals surface area (Å²) in [5, 5.41) is 18.2. The Kier molecular flexibility index (Phi) is 4.31. The molecule has 0 saturated heterocycles. The molecule has 0 saturated carbocycles. The average molecular weight is 243 g/mol. The second-order valence-electron chi connectivity index (χ2n) is 3.33. The number of carboxylic acids is 1. The van der Waals surface area contributed by atoms with Crippen molar-refractivity contribution in [2.45, 2.75) is 19.3 Å². The first kappa shape index (κ1) is 12.5. The number of Topliss-reactive ketones (excluding diaryl/α,β-unsaturated/α-hetero) is 1. The summed E-state index contributed by atoms with van der Waals surface area (Å²) in [5.74, 6) is -1.39. The molecular formula is C11H11ClO4. The maximum atomic E-state index is 11.6. The van der Waals surface area contributed by atoms with Crippen molar-refractivity contribution in [3.63, 3.8) is 0 Å². The van der Waals surface area contributed by atoms with E-state index in [1.165, 1.54) is 18.2 Å². The molecule has 1 aromatic carbocycles. The van der Waals surface area contributed by atoms with Crippen molar-refractivity contribution in [3.05, 3.63) is 28.8 Å². The molecule has 1 aromatic rings. The fraction of sp³-hybridized carbons (Fsp3) is 0.273. The molecular weight excluding hydrogens is 232 g/mol. The van der Waals surface area contributed by atoms with Crippen molar-refractivity contribution >= 4 is 23.4 Å². The molecule has 0 heterocycles. The Balaban J connectivity index is 2.63. The number of aromatic hydroxyl groups is 1. The van der Waals surface area contributed by atoms with Gasteiger partial charge in [0.1, 0.15) is 5.75 Å². The molecule has 0 aliphatic heterocycles. The molecule has 2 N–H and O–H groups in total. The van der Waals surface area contributed by atoms with Gasteiger partial charge in [-0.1, -0.05) is 11.6 Å². The second kappa shape index (κ2) is 5.51. The lowest BCUT2D eigenvalue weighted by Crippen LogP contribution is -2.02. The van der Waals surface area contributed by atoms with Gasteiger partial charge in [-0.2, -0.15) is 0 Å². The molecule has 0 bridgehead atoms. The van der Waals surface area contributed by atoms with Gasteiger partial charge in [0.25, 0.3) is 0 Å². The molecule has 16 heavy (non-hydrogen) atoms. The Morgan fingerprint density at radius 2 is 1.94 bits per heavy atom. The van der Waals surface area contributed by atoms with Crippen molar-refractivity contribution in [2.75, 3.05) is 0 Å². The SMILES string of the molecule is O=C(O)CCCC(=O)c1ccc(Cl)cc1O. The molecule has 0 aromatic heterocycles. The maximum absolute atomic E-state index is 11.6. The van der Waals surface area contributed by atoms with Crippen LogP contribution in [0.15, 0.2) is 18.2 Å². The highest BCUT2D eigenvalue weighted by molar-refractivity contribution is 6.30. The van der Waals surface area contributed by atoms with Crippen LogP contribution in [0, 0.1) is 0 Å². The molecule has 0 amide bonds. The monoisotopic (exact) mass is 242 g/mol. The third-order valence-electron chi connectivity index (χ3n) is 2.05. The van der Waals surface area contributed by atoms with Gasteiger partial charge >= 0.3 is 5.97 Å². The first-order chi connectivity index (χ1) is 7.50. The normalized spacial score (nSPS) is 10.1. The van der Waals surface area contributed by atoms with Crippen LogP contribution in [0.3, 0.4) is 0 Å². The third-order valence-corrected chi connectivity index (χ3v) is 2.29. The van der Waals surface area contributed by atoms with Crippen LogP contribution in [0.2, 0.25) is 5.02 Å². The third kappa shape index (κ3) is 3.55. The summed E-state index contributed by atoms with van der Waals surface area (Å²) in [7, 11) is 0. The summed E-state index contributed by atoms with van der Waals surface area (Å²) in [6.45, 7) is 0. The van der Waals surface area contributed by atoms with Gasteiger partial charge in [-0.25, -0.2) is 0 Å². The minimum Gasteiger partial charge on any atom is -0.507 e. The number of halogens is 1. The van der Waals surface area contributed by atoms with E-state index in [0.29, 0.717) is 5.02 Å². The molecule has 86 valence electrons. The Morgan fingerprint density at radius 1 is 1.25 bits per heavy atom. The lowest BCUT2D eigenvalue weighted by atomic mass is 10.0. The van der Waals surface area contributed by atoms with Crippen LogP contribution in [0.5, 0.6) is 5.75 Å². The number of hydrogen-bond donors (Lipinski definition) is 2. The second-order valence-corrected chi connectivity index (χ2v) is 3.77. The zero-order chi connectivity index (χ0) is 12.1. The molecule has 0 aliphatic carbocycles. The molecule has 0 unspecified atom stereocenters. The Bertz CT molecular complexity index is 414. The average Bonchev–Trinajstić information content (AvgIpc) is 2.16. The first-order valence-electron chi connectivity index (χ1n) is 4.74. The zero-order valence-electron chi connectivity index (χ0n) is 8.44. The van der Waals surface area contributed by atoms with Crippen molar-refractivity contribution in [1.29, 1.82) is 0 Å². The minimum absolute atomic E-state index is 0.0555. The predicted molar refractivity (Wildman–Crippen MR) is 58.9 cm³/mol. The van der Waals surface area contributed by atoms with Gasteiger partial charge < -0.3 is 10.2 Å². The van der Waals surface area contributed by atoms with E-state index in [1.54, 1.807) is 0 Å². The van der Waals surface area contributed by atoms with Crippen LogP contribution in [-0.4, -0.2) is 22.0 Å². The standard InChI is InChI=1S/C11H11ClO4/c12-7-4-5-8(10(14)6-7)9(13)2-1-3-11(15)16/h4-6,14H,1-3H2,(H,15,16). The van der Waals surface area contributed by atoms with Crippen molar-refractivity contribution < 1.29 is 19.8 Å². The number of ketones is 1. The lowest BCUT2D eigenvalue weighted by Gasteiger charge is -2.03. The van der Waals surface area contributed by atoms with Crippen molar-refractivity contribution in [3.8, 4) is 5.75 Å². The van der Waals surface area contributed by atoms with Crippen LogP contribution < -0.4 is 0 Å². The highest BCUT2D eigenvalue weighted by atomic mass is 35.5. The molecule has 0 aliphatic rings. The van der Waals surface area contributed by atoms with E-state index in [1.807, 2.05) is 0 Å². The molecule has 0 fully saturated rings. The van der Waals surface area contributed by atoms with E-state index in [9.17, 15) is 14.7 Å². The number of carbonyl (C=O) groups is 2. The number of benzene rings is 1. The summed E-state index contributed by atoms with van der Waals surface area (Å²) in [4.78, 5) is 21.8. The largest absolute Gasteiger partial charge is 0.507 e. The number of carbonyl (C=O) groups excluding carboxylic acids is 1. The smallest absolute Gasteiger partial charge is 0.303 e. The summed E-state index contributed by atoms with van der Waals surface area (Å²) in [6, 6.07) is 4.22. The summed E-state index contributed by atoms with van der Waals surface area (Å²) < 4.78 is 0. The van der Waals surface area contributed by atoms with E-state index in [0.717, 1.165) is 0 Å². The van der Waals surface area contributed by atoms with Gasteiger partial charge in [-0.05, 0) is 24.6 Å². The van der Waals surface area contributed by atoms with Gasteiger partial charge in [0, 0.05) is 17.9 Å². The topological polar surface area (TPSA) is 74.6 Å². The van der Waals surface area contributed by atoms with Crippen molar-refractivity contribution in [1.82, 2.24) is 0 Å². The van der Waals surface area contributed by atoms with Gasteiger partial charge in [-0.15, -0.1) is 0 Å². The maximum Gasteiger partial charge on any atom is 0.303 e. The molecule has 0 spiro atoms. The fourth-order valence-corrected chi connectivity index (χ4v) is 1.44. The Labute approximate surface area is 97.5 Å². The summed E-state index contributed by atoms with van der Waals surface area (Å²) in [6.07, 6.45) is 0.303. The molecule has 5 heteroatoms. The van der Waals surface area contributed by atoms with E-state index >= 15 is 0 Å². The number of hydrogen-bond acceptors (Lipinski definition) is 3. The number of rotatable bonds is 5. The van der Waals surface area contributed by atoms with E-state index < -0.39 is 5.97 Å². The number of phenolic OH excluding ortho intramolecular Hbond substituents is 1. The van der Waals surface area contributed by atoms with Gasteiger partial charge in [-0.3, -0.25) is 9.59 Å². The van der Waals surface area contributed by atoms with Gasteiger partial charge in [0.15, 0.2) is 5.78 Å². The van der Waals surface area contributed by atoms with E-state index in [2.05, 4.69) is 0 Å². The lowest BCUT2D eigenvalue weighted by molar-refractivity contribution is -0.137. The summed E-state index contributed by atoms with van der Waals surface area (Å²) >= 11 is 5.62. The van der Waals surface area contributed by atoms with E-state index in [4.69, 9.17) is 16.7 Å². The molecule has 4 nitrogen and oxygen atoms in total. The number of carboxylic acid groups (broad SMARTS) is 1. The number of aliphatic carboxylic acids is 1. The Hall–Kier alpha value is -1.55. The summed E-state index contributed by atoms with van der Waals surface area (Å²) in [5.41, 5.74) is 0.176. The quantitative estimate of drug-likeness (QED) is 0.778. The molecule has 0 radical (unpaired) electrons. The fourth-order valence-electron chi connectivity index (χ4n) is 1.28. The first-order valence-corrected chi connectivity index (χ1v) is 5.12. The zero-order valence-corrected chi connectivity index (χ0v) is 9.20. The van der Waals surface area contributed by atoms with Gasteiger partial charge in [0.2, 0.25) is 0 Å². The highest BCUT2D eigenvalue weighted by Gasteiger charge is 2.11. The van der Waals surface area contributed by atoms with Crippen LogP contribution >= 0.6 is 11.6 Å². The minimum atomic E-state index is -0.937. The number of phenols is 1. The van der Waals surface area contributed by atoms with Crippen LogP contribution in [0.4, 0.5) is 0 Å². The van der Waals surface area contributed by atoms with Gasteiger partial charge in [0.05, 0.1) is 5.56 Å². The van der Waals surface area contributed by atoms with E-state index in [-0.39, 0.29) is 36.4 Å². The Morgan fingerprint density at radius 3 is 2.50 bits per heavy atom. The molecule has 0 atom stereocenters. The van der Waals surface area contributed by atoms with Crippen molar-refractivity contribution in [2.24, 2.45) is 0 Å². The highest BCUT2D eigenvalue weighted by Crippen LogP contribution is 2.23. The predicted octanol–water partition coefficient (Wildman–Crippen LogP) is 2.48. The van der Waals surface area contributed by atoms with Crippen LogP contribution in [-0.2, 0) is 4.79 Å². The van der Waals surface area contributed by atoms with Crippen LogP contribution in [0.1, 0.15) is 29.6 Å².